The van der Waals surface area contributed by atoms with Gasteiger partial charge in [-0.3, -0.25) is 14.5 Å². The van der Waals surface area contributed by atoms with Gasteiger partial charge in [-0.2, -0.15) is 5.26 Å². The Balaban J connectivity index is 1.48. The lowest BCUT2D eigenvalue weighted by Gasteiger charge is -2.43. The van der Waals surface area contributed by atoms with Gasteiger partial charge in [0, 0.05) is 5.69 Å². The molecule has 36 heavy (non-hydrogen) atoms. The maximum atomic E-state index is 15.2. The zero-order valence-corrected chi connectivity index (χ0v) is 20.7. The standard InChI is InChI=1S/C26H19ClFN5O2S/c1-15-11-17(14-30-22(15)13-29)32-24(35)26(9-4-10-26)33(25(32)36)16-7-8-18(20(28)12-16)23(34)31-21-6-3-2-5-19(21)27/h2-3,5-8,11-12,14H,4,9-10H2,1H3,(H,31,34). The third kappa shape index (κ3) is 3.70. The van der Waals surface area contributed by atoms with E-state index in [4.69, 9.17) is 23.8 Å². The van der Waals surface area contributed by atoms with Crippen molar-refractivity contribution in [3.8, 4) is 6.07 Å². The van der Waals surface area contributed by atoms with Crippen LogP contribution in [0.4, 0.5) is 21.5 Å². The number of halogens is 2. The Bertz CT molecular complexity index is 1480. The highest BCUT2D eigenvalue weighted by atomic mass is 35.5. The van der Waals surface area contributed by atoms with Crippen LogP contribution in [-0.2, 0) is 4.79 Å². The number of amides is 2. The summed E-state index contributed by atoms with van der Waals surface area (Å²) in [6.45, 7) is 1.73. The number of nitriles is 1. The number of carbonyl (C=O) groups is 2. The van der Waals surface area contributed by atoms with Crippen LogP contribution in [0, 0.1) is 24.1 Å². The van der Waals surface area contributed by atoms with Crippen LogP contribution in [-0.4, -0.2) is 27.4 Å². The SMILES string of the molecule is Cc1cc(N2C(=O)C3(CCC3)N(c3ccc(C(=O)Nc4ccccc4Cl)c(F)c3)C2=S)cnc1C#N. The van der Waals surface area contributed by atoms with Crippen LogP contribution in [0.3, 0.4) is 0 Å². The van der Waals surface area contributed by atoms with E-state index in [1.54, 1.807) is 48.2 Å². The molecule has 1 spiro atoms. The van der Waals surface area contributed by atoms with Crippen LogP contribution in [0.15, 0.2) is 54.7 Å². The van der Waals surface area contributed by atoms with Crippen molar-refractivity contribution in [3.05, 3.63) is 82.4 Å². The molecule has 1 aliphatic heterocycles. The minimum absolute atomic E-state index is 0.165. The van der Waals surface area contributed by atoms with E-state index in [0.717, 1.165) is 6.42 Å². The van der Waals surface area contributed by atoms with E-state index in [1.165, 1.54) is 23.2 Å². The summed E-state index contributed by atoms with van der Waals surface area (Å²) < 4.78 is 15.2. The highest BCUT2D eigenvalue weighted by molar-refractivity contribution is 7.81. The summed E-state index contributed by atoms with van der Waals surface area (Å²) >= 11 is 11.8. The Morgan fingerprint density at radius 3 is 2.58 bits per heavy atom. The van der Waals surface area contributed by atoms with Gasteiger partial charge in [0.1, 0.15) is 23.1 Å². The Morgan fingerprint density at radius 2 is 1.97 bits per heavy atom. The lowest BCUT2D eigenvalue weighted by atomic mass is 9.75. The molecule has 3 aromatic rings. The number of aromatic nitrogens is 1. The first kappa shape index (κ1) is 23.9. The Hall–Kier alpha value is -3.87. The number of carbonyl (C=O) groups excluding carboxylic acids is 2. The number of nitrogens with one attached hydrogen (secondary N) is 1. The van der Waals surface area contributed by atoms with E-state index >= 15 is 4.39 Å². The zero-order chi connectivity index (χ0) is 25.6. The van der Waals surface area contributed by atoms with Gasteiger partial charge in [0.05, 0.1) is 28.2 Å². The molecule has 2 amide bonds. The van der Waals surface area contributed by atoms with Gasteiger partial charge in [-0.25, -0.2) is 9.37 Å². The monoisotopic (exact) mass is 519 g/mol. The molecule has 1 N–H and O–H groups in total. The molecule has 180 valence electrons. The first-order valence-corrected chi connectivity index (χ1v) is 12.0. The molecule has 1 saturated carbocycles. The molecule has 0 atom stereocenters. The first-order chi connectivity index (χ1) is 17.3. The Morgan fingerprint density at radius 1 is 1.22 bits per heavy atom. The van der Waals surface area contributed by atoms with Crippen LogP contribution in [0.2, 0.25) is 5.02 Å². The zero-order valence-electron chi connectivity index (χ0n) is 19.1. The number of thiocarbonyl (C=S) groups is 1. The van der Waals surface area contributed by atoms with Gasteiger partial charge >= 0.3 is 0 Å². The van der Waals surface area contributed by atoms with Gasteiger partial charge < -0.3 is 10.2 Å². The second-order valence-corrected chi connectivity index (χ2v) is 9.48. The van der Waals surface area contributed by atoms with Crippen LogP contribution in [0.5, 0.6) is 0 Å². The predicted molar refractivity (Wildman–Crippen MR) is 139 cm³/mol. The fourth-order valence-electron chi connectivity index (χ4n) is 4.59. The topological polar surface area (TPSA) is 89.3 Å². The normalized spacial score (nSPS) is 16.2. The molecule has 7 nitrogen and oxygen atoms in total. The Labute approximate surface area is 217 Å². The van der Waals surface area contributed by atoms with Crippen LogP contribution in [0.1, 0.15) is 40.9 Å². The fraction of sp³-hybridized carbons (Fsp3) is 0.192. The lowest BCUT2D eigenvalue weighted by molar-refractivity contribution is -0.123. The van der Waals surface area contributed by atoms with E-state index in [2.05, 4.69) is 10.3 Å². The lowest BCUT2D eigenvalue weighted by Crippen LogP contribution is -2.55. The van der Waals surface area contributed by atoms with Gasteiger partial charge in [-0.05, 0) is 80.4 Å². The maximum Gasteiger partial charge on any atom is 0.259 e. The molecule has 0 unspecified atom stereocenters. The molecule has 5 rings (SSSR count). The van der Waals surface area contributed by atoms with Crippen LogP contribution in [0.25, 0.3) is 0 Å². The molecule has 10 heteroatoms. The van der Waals surface area contributed by atoms with Gasteiger partial charge in [-0.15, -0.1) is 0 Å². The van der Waals surface area contributed by atoms with Crippen molar-refractivity contribution in [2.45, 2.75) is 31.7 Å². The van der Waals surface area contributed by atoms with E-state index in [-0.39, 0.29) is 22.3 Å². The number of nitrogens with zero attached hydrogens (tertiary/aromatic N) is 4. The average Bonchev–Trinajstić information content (AvgIpc) is 3.07. The third-order valence-corrected chi connectivity index (χ3v) is 7.29. The number of pyridine rings is 1. The number of hydrogen-bond acceptors (Lipinski definition) is 5. The summed E-state index contributed by atoms with van der Waals surface area (Å²) in [5.41, 5.74) is 0.987. The minimum atomic E-state index is -0.924. The second-order valence-electron chi connectivity index (χ2n) is 8.71. The summed E-state index contributed by atoms with van der Waals surface area (Å²) in [7, 11) is 0. The van der Waals surface area contributed by atoms with Crippen LogP contribution >= 0.6 is 23.8 Å². The minimum Gasteiger partial charge on any atom is -0.321 e. The molecule has 0 bridgehead atoms. The summed E-state index contributed by atoms with van der Waals surface area (Å²) in [5, 5.41) is 12.3. The van der Waals surface area contributed by atoms with Gasteiger partial charge in [-0.1, -0.05) is 23.7 Å². The molecule has 2 heterocycles. The smallest absolute Gasteiger partial charge is 0.259 e. The van der Waals surface area contributed by atoms with E-state index < -0.39 is 17.3 Å². The van der Waals surface area contributed by atoms with Crippen molar-refractivity contribution in [1.29, 1.82) is 5.26 Å². The van der Waals surface area contributed by atoms with Gasteiger partial charge in [0.25, 0.3) is 11.8 Å². The van der Waals surface area contributed by atoms with Crippen molar-refractivity contribution in [2.24, 2.45) is 0 Å². The van der Waals surface area contributed by atoms with Crippen molar-refractivity contribution in [1.82, 2.24) is 4.98 Å². The van der Waals surface area contributed by atoms with E-state index in [1.807, 2.05) is 6.07 Å². The molecule has 2 aromatic carbocycles. The Kier molecular flexibility index (Phi) is 5.94. The number of aryl methyl sites for hydroxylation is 1. The molecule has 1 saturated heterocycles. The van der Waals surface area contributed by atoms with Crippen LogP contribution < -0.4 is 15.1 Å². The summed E-state index contributed by atoms with van der Waals surface area (Å²) in [5.74, 6) is -1.62. The van der Waals surface area contributed by atoms with E-state index in [9.17, 15) is 14.9 Å². The molecule has 0 radical (unpaired) electrons. The molecule has 2 aliphatic rings. The molecule has 1 aromatic heterocycles. The second kappa shape index (κ2) is 8.97. The predicted octanol–water partition coefficient (Wildman–Crippen LogP) is 5.37. The molecule has 1 aliphatic carbocycles. The number of anilines is 3. The summed E-state index contributed by atoms with van der Waals surface area (Å²) in [6, 6.07) is 14.5. The molecular weight excluding hydrogens is 501 g/mol. The van der Waals surface area contributed by atoms with Gasteiger partial charge in [0.2, 0.25) is 0 Å². The van der Waals surface area contributed by atoms with Crippen molar-refractivity contribution >= 4 is 57.8 Å². The molecular formula is C26H19ClFN5O2S. The summed E-state index contributed by atoms with van der Waals surface area (Å²) in [6.07, 6.45) is 3.38. The van der Waals surface area contributed by atoms with E-state index in [0.29, 0.717) is 40.5 Å². The number of hydrogen-bond donors (Lipinski definition) is 1. The van der Waals surface area contributed by atoms with Gasteiger partial charge in [0.15, 0.2) is 5.11 Å². The maximum absolute atomic E-state index is 15.2. The number of rotatable bonds is 4. The first-order valence-electron chi connectivity index (χ1n) is 11.2. The highest BCUT2D eigenvalue weighted by Gasteiger charge is 2.59. The van der Waals surface area contributed by atoms with Crippen molar-refractivity contribution < 1.29 is 14.0 Å². The van der Waals surface area contributed by atoms with Crippen molar-refractivity contribution in [3.63, 3.8) is 0 Å². The number of para-hydroxylation sites is 1. The quantitative estimate of drug-likeness (QED) is 0.466. The molecule has 2 fully saturated rings. The summed E-state index contributed by atoms with van der Waals surface area (Å²) in [4.78, 5) is 33.5. The average molecular weight is 520 g/mol. The third-order valence-electron chi connectivity index (χ3n) is 6.60. The number of benzene rings is 2. The fourth-order valence-corrected chi connectivity index (χ4v) is 5.24. The highest BCUT2D eigenvalue weighted by Crippen LogP contribution is 2.48. The van der Waals surface area contributed by atoms with Crippen molar-refractivity contribution in [2.75, 3.05) is 15.1 Å². The largest absolute Gasteiger partial charge is 0.321 e.